The maximum absolute atomic E-state index is 13.7. The summed E-state index contributed by atoms with van der Waals surface area (Å²) < 4.78 is 29.1. The Kier molecular flexibility index (Phi) is 6.82. The van der Waals surface area contributed by atoms with Gasteiger partial charge in [-0.1, -0.05) is 29.8 Å². The van der Waals surface area contributed by atoms with E-state index in [9.17, 15) is 23.1 Å². The van der Waals surface area contributed by atoms with Crippen molar-refractivity contribution in [2.24, 2.45) is 0 Å². The van der Waals surface area contributed by atoms with Crippen molar-refractivity contribution in [1.82, 2.24) is 19.2 Å². The number of aliphatic carboxylic acids is 1. The zero-order valence-corrected chi connectivity index (χ0v) is 22.2. The van der Waals surface area contributed by atoms with E-state index < -0.39 is 46.3 Å². The molecule has 3 N–H and O–H groups in total. The first-order valence-electron chi connectivity index (χ1n) is 11.4. The van der Waals surface area contributed by atoms with Crippen molar-refractivity contribution in [3.8, 4) is 0 Å². The number of carboxylic acids is 1. The van der Waals surface area contributed by atoms with Crippen molar-refractivity contribution < 1.29 is 23.1 Å². The predicted octanol–water partition coefficient (Wildman–Crippen LogP) is 3.43. The number of sulfonamides is 1. The molecule has 2 atom stereocenters. The lowest BCUT2D eigenvalue weighted by molar-refractivity contribution is -0.154. The monoisotopic (exact) mass is 571 g/mol. The number of nitrogen functional groups attached to an aromatic ring is 1. The van der Waals surface area contributed by atoms with E-state index in [-0.39, 0.29) is 6.54 Å². The molecule has 3 heterocycles. The van der Waals surface area contributed by atoms with Crippen LogP contribution in [0.4, 0.5) is 5.82 Å². The Labute approximate surface area is 227 Å². The van der Waals surface area contributed by atoms with Gasteiger partial charge in [-0.3, -0.25) is 4.79 Å². The fourth-order valence-corrected chi connectivity index (χ4v) is 7.90. The molecule has 1 fully saturated rings. The summed E-state index contributed by atoms with van der Waals surface area (Å²) in [5, 5.41) is 10.8. The SMILES string of the molecule is C=CC(c1cc2ccc(Cl)cc2s1)S(=O)(=O)N1CC(=O)N(Cc2ccc3c(N)ncnc3c2)C(C(=O)O)C1. The topological polar surface area (TPSA) is 147 Å². The Morgan fingerprint density at radius 3 is 2.79 bits per heavy atom. The number of halogens is 1. The Hall–Kier alpha value is -3.58. The molecule has 0 spiro atoms. The number of thiophene rings is 1. The van der Waals surface area contributed by atoms with Crippen LogP contribution < -0.4 is 5.73 Å². The summed E-state index contributed by atoms with van der Waals surface area (Å²) in [7, 11) is -4.16. The van der Waals surface area contributed by atoms with Gasteiger partial charge in [0.2, 0.25) is 15.9 Å². The van der Waals surface area contributed by atoms with Crippen LogP contribution in [0.2, 0.25) is 5.02 Å². The van der Waals surface area contributed by atoms with Crippen LogP contribution in [0.25, 0.3) is 21.0 Å². The number of carboxylic acid groups (broad SMARTS) is 1. The van der Waals surface area contributed by atoms with Gasteiger partial charge >= 0.3 is 5.97 Å². The van der Waals surface area contributed by atoms with E-state index in [1.807, 2.05) is 0 Å². The summed E-state index contributed by atoms with van der Waals surface area (Å²) >= 11 is 7.33. The first-order valence-corrected chi connectivity index (χ1v) is 14.1. The minimum atomic E-state index is -4.16. The number of hydrogen-bond acceptors (Lipinski definition) is 8. The molecule has 4 aromatic rings. The van der Waals surface area contributed by atoms with Gasteiger partial charge in [-0.25, -0.2) is 23.2 Å². The Morgan fingerprint density at radius 1 is 1.26 bits per heavy atom. The first kappa shape index (κ1) is 26.0. The molecular formula is C25H22ClN5O5S2. The van der Waals surface area contributed by atoms with E-state index in [1.54, 1.807) is 42.5 Å². The second kappa shape index (κ2) is 9.95. The van der Waals surface area contributed by atoms with E-state index in [0.29, 0.717) is 32.2 Å². The molecule has 1 aliphatic heterocycles. The molecule has 196 valence electrons. The fraction of sp³-hybridized carbons (Fsp3) is 0.200. The van der Waals surface area contributed by atoms with Crippen LogP contribution in [-0.4, -0.2) is 63.7 Å². The van der Waals surface area contributed by atoms with Crippen LogP contribution in [-0.2, 0) is 26.2 Å². The van der Waals surface area contributed by atoms with Crippen molar-refractivity contribution in [3.63, 3.8) is 0 Å². The van der Waals surface area contributed by atoms with Gasteiger partial charge in [-0.05, 0) is 41.3 Å². The largest absolute Gasteiger partial charge is 0.480 e. The quantitative estimate of drug-likeness (QED) is 0.321. The number of benzene rings is 2. The number of amides is 1. The van der Waals surface area contributed by atoms with Crippen LogP contribution in [0.1, 0.15) is 15.7 Å². The van der Waals surface area contributed by atoms with Crippen LogP contribution in [0.5, 0.6) is 0 Å². The smallest absolute Gasteiger partial charge is 0.327 e. The van der Waals surface area contributed by atoms with Crippen molar-refractivity contribution in [2.75, 3.05) is 18.8 Å². The molecule has 5 rings (SSSR count). The lowest BCUT2D eigenvalue weighted by Crippen LogP contribution is -2.60. The number of carbonyl (C=O) groups excluding carboxylic acids is 1. The molecule has 0 bridgehead atoms. The Bertz CT molecular complexity index is 1710. The number of fused-ring (bicyclic) bond motifs is 2. The molecule has 38 heavy (non-hydrogen) atoms. The predicted molar refractivity (Wildman–Crippen MR) is 146 cm³/mol. The van der Waals surface area contributed by atoms with Gasteiger partial charge in [-0.2, -0.15) is 4.31 Å². The zero-order chi connectivity index (χ0) is 27.2. The summed E-state index contributed by atoms with van der Waals surface area (Å²) in [6, 6.07) is 10.7. The molecule has 1 amide bonds. The van der Waals surface area contributed by atoms with Gasteiger partial charge in [0.1, 0.15) is 23.4 Å². The summed E-state index contributed by atoms with van der Waals surface area (Å²) in [5.74, 6) is -1.63. The number of piperazine rings is 1. The Balaban J connectivity index is 1.42. The standard InChI is InChI=1S/C25H22ClN5O5S2/c1-2-22(21-8-15-4-5-16(26)9-20(15)37-21)38(35,36)30-11-19(25(33)34)31(23(32)12-30)10-14-3-6-17-18(7-14)28-13-29-24(17)27/h2-9,13,19,22H,1,10-12H2,(H,33,34)(H2,27,28,29). The molecule has 0 aliphatic carbocycles. The summed E-state index contributed by atoms with van der Waals surface area (Å²) in [6.07, 6.45) is 2.61. The minimum absolute atomic E-state index is 0.0362. The molecule has 1 saturated heterocycles. The van der Waals surface area contributed by atoms with Gasteiger partial charge < -0.3 is 15.7 Å². The van der Waals surface area contributed by atoms with E-state index in [1.165, 1.54) is 28.6 Å². The number of aromatic nitrogens is 2. The lowest BCUT2D eigenvalue weighted by Gasteiger charge is -2.39. The molecule has 2 unspecified atom stereocenters. The molecule has 2 aromatic heterocycles. The number of anilines is 1. The number of nitrogens with two attached hydrogens (primary N) is 1. The molecule has 0 saturated carbocycles. The molecular weight excluding hydrogens is 550 g/mol. The van der Waals surface area contributed by atoms with Crippen LogP contribution in [0.3, 0.4) is 0 Å². The van der Waals surface area contributed by atoms with Crippen molar-refractivity contribution in [3.05, 3.63) is 76.9 Å². The van der Waals surface area contributed by atoms with Gasteiger partial charge in [0.05, 0.1) is 12.1 Å². The van der Waals surface area contributed by atoms with Crippen LogP contribution in [0.15, 0.2) is 61.4 Å². The van der Waals surface area contributed by atoms with Crippen LogP contribution in [0, 0.1) is 0 Å². The average molecular weight is 572 g/mol. The maximum atomic E-state index is 13.7. The molecule has 13 heteroatoms. The number of hydrogen-bond donors (Lipinski definition) is 2. The first-order chi connectivity index (χ1) is 18.1. The summed E-state index contributed by atoms with van der Waals surface area (Å²) in [5.41, 5.74) is 7.04. The highest BCUT2D eigenvalue weighted by molar-refractivity contribution is 7.89. The van der Waals surface area contributed by atoms with Gasteiger partial charge in [0.15, 0.2) is 0 Å². The zero-order valence-electron chi connectivity index (χ0n) is 19.8. The molecule has 0 radical (unpaired) electrons. The minimum Gasteiger partial charge on any atom is -0.480 e. The Morgan fingerprint density at radius 2 is 2.05 bits per heavy atom. The normalized spacial score (nSPS) is 17.7. The van der Waals surface area contributed by atoms with Crippen LogP contribution >= 0.6 is 22.9 Å². The number of nitrogens with zero attached hydrogens (tertiary/aromatic N) is 4. The highest BCUT2D eigenvalue weighted by Gasteiger charge is 2.44. The summed E-state index contributed by atoms with van der Waals surface area (Å²) in [4.78, 5) is 35.2. The molecule has 1 aliphatic rings. The van der Waals surface area contributed by atoms with Crippen molar-refractivity contribution in [1.29, 1.82) is 0 Å². The second-order valence-electron chi connectivity index (χ2n) is 8.81. The van der Waals surface area contributed by atoms with Crippen molar-refractivity contribution >= 4 is 71.6 Å². The lowest BCUT2D eigenvalue weighted by atomic mass is 10.1. The molecule has 10 nitrogen and oxygen atoms in total. The number of rotatable bonds is 7. The van der Waals surface area contributed by atoms with Gasteiger partial charge in [-0.15, -0.1) is 17.9 Å². The third kappa shape index (κ3) is 4.71. The van der Waals surface area contributed by atoms with E-state index in [0.717, 1.165) is 14.4 Å². The fourth-order valence-electron chi connectivity index (χ4n) is 4.50. The summed E-state index contributed by atoms with van der Waals surface area (Å²) in [6.45, 7) is 2.78. The third-order valence-electron chi connectivity index (χ3n) is 6.43. The second-order valence-corrected chi connectivity index (χ2v) is 12.4. The van der Waals surface area contributed by atoms with E-state index in [2.05, 4.69) is 16.5 Å². The van der Waals surface area contributed by atoms with E-state index >= 15 is 0 Å². The van der Waals surface area contributed by atoms with Gasteiger partial charge in [0, 0.05) is 33.1 Å². The van der Waals surface area contributed by atoms with Gasteiger partial charge in [0.25, 0.3) is 0 Å². The highest BCUT2D eigenvalue weighted by atomic mass is 35.5. The van der Waals surface area contributed by atoms with Crippen molar-refractivity contribution in [2.45, 2.75) is 17.8 Å². The maximum Gasteiger partial charge on any atom is 0.327 e. The average Bonchev–Trinajstić information content (AvgIpc) is 3.27. The highest BCUT2D eigenvalue weighted by Crippen LogP contribution is 2.37. The molecule has 2 aromatic carbocycles. The third-order valence-corrected chi connectivity index (χ3v) is 10.1. The number of carbonyl (C=O) groups is 2. The van der Waals surface area contributed by atoms with E-state index in [4.69, 9.17) is 17.3 Å².